The summed E-state index contributed by atoms with van der Waals surface area (Å²) in [6, 6.07) is 12.5. The van der Waals surface area contributed by atoms with Crippen LogP contribution in [-0.2, 0) is 0 Å². The monoisotopic (exact) mass is 368 g/mol. The predicted molar refractivity (Wildman–Crippen MR) is 97.3 cm³/mol. The van der Waals surface area contributed by atoms with Gasteiger partial charge in [0.25, 0.3) is 5.69 Å². The van der Waals surface area contributed by atoms with E-state index in [1.807, 2.05) is 30.3 Å². The Labute approximate surface area is 152 Å². The molecule has 1 N–H and O–H groups in total. The number of aromatic nitrogens is 2. The van der Waals surface area contributed by atoms with E-state index >= 15 is 0 Å². The van der Waals surface area contributed by atoms with Gasteiger partial charge in [0.05, 0.1) is 34.7 Å². The summed E-state index contributed by atoms with van der Waals surface area (Å²) < 4.78 is 12.3. The zero-order valence-electron chi connectivity index (χ0n) is 13.3. The standard InChI is InChI=1S/C17H12N4O4S/c22-21(23)14-7-16-15(24-10-25-16)6-12(14)8-18-20-9-13(19-17(20)26)11-4-2-1-3-5-11/h1-9H,10H2,(H,19,26). The van der Waals surface area contributed by atoms with Gasteiger partial charge in [-0.3, -0.25) is 10.1 Å². The molecule has 0 amide bonds. The third-order valence-corrected chi connectivity index (χ3v) is 4.11. The summed E-state index contributed by atoms with van der Waals surface area (Å²) in [5, 5.41) is 15.5. The van der Waals surface area contributed by atoms with Gasteiger partial charge in [0.15, 0.2) is 16.3 Å². The minimum atomic E-state index is -0.491. The van der Waals surface area contributed by atoms with Crippen LogP contribution in [0.3, 0.4) is 0 Å². The summed E-state index contributed by atoms with van der Waals surface area (Å²) in [7, 11) is 0. The Morgan fingerprint density at radius 1 is 1.23 bits per heavy atom. The highest BCUT2D eigenvalue weighted by molar-refractivity contribution is 7.71. The lowest BCUT2D eigenvalue weighted by molar-refractivity contribution is -0.385. The van der Waals surface area contributed by atoms with Gasteiger partial charge in [-0.2, -0.15) is 5.10 Å². The third-order valence-electron chi connectivity index (χ3n) is 3.83. The van der Waals surface area contributed by atoms with Gasteiger partial charge < -0.3 is 14.5 Å². The molecule has 0 spiro atoms. The molecule has 1 aliphatic rings. The lowest BCUT2D eigenvalue weighted by Gasteiger charge is -2.00. The maximum Gasteiger partial charge on any atom is 0.282 e. The van der Waals surface area contributed by atoms with Crippen molar-refractivity contribution in [3.8, 4) is 22.8 Å². The molecule has 130 valence electrons. The van der Waals surface area contributed by atoms with Crippen molar-refractivity contribution >= 4 is 24.1 Å². The number of hydrogen-bond acceptors (Lipinski definition) is 6. The second-order valence-electron chi connectivity index (χ2n) is 5.45. The Balaban J connectivity index is 1.70. The Bertz CT molecular complexity index is 1070. The lowest BCUT2D eigenvalue weighted by Crippen LogP contribution is -1.96. The second kappa shape index (κ2) is 6.45. The molecule has 9 heteroatoms. The van der Waals surface area contributed by atoms with Gasteiger partial charge in [0.2, 0.25) is 6.79 Å². The molecule has 0 atom stereocenters. The first kappa shape index (κ1) is 16.0. The molecule has 2 aromatic carbocycles. The maximum absolute atomic E-state index is 11.3. The zero-order valence-corrected chi connectivity index (χ0v) is 14.1. The van der Waals surface area contributed by atoms with Crippen LogP contribution in [-0.4, -0.2) is 27.6 Å². The van der Waals surface area contributed by atoms with Crippen LogP contribution in [0.25, 0.3) is 11.3 Å². The summed E-state index contributed by atoms with van der Waals surface area (Å²) >= 11 is 5.27. The number of nitrogens with zero attached hydrogens (tertiary/aromatic N) is 3. The number of nitrogens with one attached hydrogen (secondary N) is 1. The number of nitro benzene ring substituents is 1. The smallest absolute Gasteiger partial charge is 0.282 e. The Morgan fingerprint density at radius 2 is 1.96 bits per heavy atom. The molecule has 3 aromatic rings. The first-order valence-corrected chi connectivity index (χ1v) is 8.02. The number of ether oxygens (including phenoxy) is 2. The van der Waals surface area contributed by atoms with E-state index in [2.05, 4.69) is 10.1 Å². The van der Waals surface area contributed by atoms with Crippen molar-refractivity contribution in [3.63, 3.8) is 0 Å². The summed E-state index contributed by atoms with van der Waals surface area (Å²) in [6.07, 6.45) is 3.10. The Morgan fingerprint density at radius 3 is 2.69 bits per heavy atom. The molecular formula is C17H12N4O4S. The van der Waals surface area contributed by atoms with Gasteiger partial charge in [-0.1, -0.05) is 30.3 Å². The van der Waals surface area contributed by atoms with E-state index in [4.69, 9.17) is 21.7 Å². The molecule has 4 rings (SSSR count). The van der Waals surface area contributed by atoms with Gasteiger partial charge in [-0.25, -0.2) is 4.68 Å². The van der Waals surface area contributed by atoms with E-state index in [9.17, 15) is 10.1 Å². The average molecular weight is 368 g/mol. The predicted octanol–water partition coefficient (Wildman–Crippen LogP) is 3.73. The average Bonchev–Trinajstić information content (AvgIpc) is 3.25. The van der Waals surface area contributed by atoms with Crippen LogP contribution in [0.2, 0.25) is 0 Å². The topological polar surface area (TPSA) is 94.7 Å². The normalized spacial score (nSPS) is 12.6. The molecule has 0 saturated carbocycles. The highest BCUT2D eigenvalue weighted by Crippen LogP contribution is 2.37. The van der Waals surface area contributed by atoms with E-state index in [0.717, 1.165) is 11.3 Å². The number of benzene rings is 2. The third kappa shape index (κ3) is 2.95. The highest BCUT2D eigenvalue weighted by Gasteiger charge is 2.22. The fourth-order valence-corrected chi connectivity index (χ4v) is 2.78. The van der Waals surface area contributed by atoms with Gasteiger partial charge in [0, 0.05) is 0 Å². The minimum absolute atomic E-state index is 0.0381. The van der Waals surface area contributed by atoms with Crippen molar-refractivity contribution in [1.29, 1.82) is 0 Å². The quantitative estimate of drug-likeness (QED) is 0.328. The van der Waals surface area contributed by atoms with Crippen molar-refractivity contribution < 1.29 is 14.4 Å². The summed E-state index contributed by atoms with van der Waals surface area (Å²) in [5.41, 5.74) is 1.93. The minimum Gasteiger partial charge on any atom is -0.454 e. The van der Waals surface area contributed by atoms with E-state index in [-0.39, 0.29) is 12.5 Å². The van der Waals surface area contributed by atoms with E-state index in [0.29, 0.717) is 21.8 Å². The number of rotatable bonds is 4. The summed E-state index contributed by atoms with van der Waals surface area (Å²) in [6.45, 7) is 0.0381. The van der Waals surface area contributed by atoms with Crippen molar-refractivity contribution in [2.45, 2.75) is 0 Å². The molecule has 0 fully saturated rings. The van der Waals surface area contributed by atoms with E-state index in [1.165, 1.54) is 23.0 Å². The molecule has 8 nitrogen and oxygen atoms in total. The van der Waals surface area contributed by atoms with Gasteiger partial charge >= 0.3 is 0 Å². The number of imidazole rings is 1. The van der Waals surface area contributed by atoms with E-state index < -0.39 is 4.92 Å². The first-order valence-electron chi connectivity index (χ1n) is 7.61. The molecule has 0 saturated heterocycles. The van der Waals surface area contributed by atoms with Crippen LogP contribution in [0.1, 0.15) is 5.56 Å². The number of aromatic amines is 1. The number of fused-ring (bicyclic) bond motifs is 1. The SMILES string of the molecule is O=[N+]([O-])c1cc2c(cc1C=Nn1cc(-c3ccccc3)[nH]c1=S)OCO2. The molecule has 1 aliphatic heterocycles. The van der Waals surface area contributed by atoms with Gasteiger partial charge in [0.1, 0.15) is 0 Å². The molecular weight excluding hydrogens is 356 g/mol. The van der Waals surface area contributed by atoms with Crippen molar-refractivity contribution in [2.24, 2.45) is 5.10 Å². The molecule has 0 unspecified atom stereocenters. The molecule has 0 bridgehead atoms. The first-order chi connectivity index (χ1) is 12.6. The number of H-pyrrole nitrogens is 1. The molecule has 2 heterocycles. The van der Waals surface area contributed by atoms with Crippen LogP contribution in [0, 0.1) is 14.9 Å². The van der Waals surface area contributed by atoms with Crippen LogP contribution >= 0.6 is 12.2 Å². The summed E-state index contributed by atoms with van der Waals surface area (Å²) in [5.74, 6) is 0.790. The van der Waals surface area contributed by atoms with Crippen LogP contribution in [0.5, 0.6) is 11.5 Å². The zero-order chi connectivity index (χ0) is 18.1. The van der Waals surface area contributed by atoms with Crippen LogP contribution in [0.15, 0.2) is 53.8 Å². The largest absolute Gasteiger partial charge is 0.454 e. The van der Waals surface area contributed by atoms with Gasteiger partial charge in [-0.15, -0.1) is 0 Å². The fraction of sp³-hybridized carbons (Fsp3) is 0.0588. The molecule has 0 aliphatic carbocycles. The lowest BCUT2D eigenvalue weighted by atomic mass is 10.1. The van der Waals surface area contributed by atoms with Crippen LogP contribution in [0.4, 0.5) is 5.69 Å². The van der Waals surface area contributed by atoms with Crippen molar-refractivity contribution in [1.82, 2.24) is 9.66 Å². The van der Waals surface area contributed by atoms with Crippen molar-refractivity contribution in [2.75, 3.05) is 6.79 Å². The molecule has 0 radical (unpaired) electrons. The van der Waals surface area contributed by atoms with Crippen LogP contribution < -0.4 is 9.47 Å². The van der Waals surface area contributed by atoms with E-state index in [1.54, 1.807) is 6.20 Å². The summed E-state index contributed by atoms with van der Waals surface area (Å²) in [4.78, 5) is 13.9. The molecule has 26 heavy (non-hydrogen) atoms. The maximum atomic E-state index is 11.3. The Kier molecular flexibility index (Phi) is 3.98. The fourth-order valence-electron chi connectivity index (χ4n) is 2.57. The number of nitro groups is 1. The molecule has 1 aromatic heterocycles. The van der Waals surface area contributed by atoms with Gasteiger partial charge in [-0.05, 0) is 23.8 Å². The number of hydrogen-bond donors (Lipinski definition) is 1. The van der Waals surface area contributed by atoms with Crippen molar-refractivity contribution in [3.05, 3.63) is 69.1 Å². The second-order valence-corrected chi connectivity index (χ2v) is 5.84. The Hall–Kier alpha value is -3.46. The highest BCUT2D eigenvalue weighted by atomic mass is 32.1.